The van der Waals surface area contributed by atoms with Crippen LogP contribution in [0.1, 0.15) is 97.3 Å². The van der Waals surface area contributed by atoms with Crippen LogP contribution in [0.3, 0.4) is 0 Å². The highest BCUT2D eigenvalue weighted by atomic mass is 15.2. The molecule has 2 heteroatoms. The lowest BCUT2D eigenvalue weighted by atomic mass is 10.1. The van der Waals surface area contributed by atoms with Gasteiger partial charge in [0.05, 0.1) is 6.17 Å². The predicted molar refractivity (Wildman–Crippen MR) is 96.8 cm³/mol. The molecule has 0 amide bonds. The summed E-state index contributed by atoms with van der Waals surface area (Å²) in [6.45, 7) is 5.71. The van der Waals surface area contributed by atoms with Gasteiger partial charge in [-0.05, 0) is 33.5 Å². The minimum Gasteiger partial charge on any atom is -0.302 e. The molecule has 0 aromatic heterocycles. The molecular formula is C19H42N2. The van der Waals surface area contributed by atoms with Crippen molar-refractivity contribution in [1.29, 1.82) is 0 Å². The van der Waals surface area contributed by atoms with Crippen LogP contribution in [-0.4, -0.2) is 31.7 Å². The molecule has 0 fully saturated rings. The molecular weight excluding hydrogens is 256 g/mol. The predicted octanol–water partition coefficient (Wildman–Crippen LogP) is 5.57. The molecule has 0 spiro atoms. The zero-order valence-corrected chi connectivity index (χ0v) is 15.4. The molecule has 0 bridgehead atoms. The fraction of sp³-hybridized carbons (Fsp3) is 1.00. The molecule has 2 nitrogen and oxygen atoms in total. The lowest BCUT2D eigenvalue weighted by Gasteiger charge is -2.24. The van der Waals surface area contributed by atoms with Crippen molar-refractivity contribution in [2.45, 2.75) is 103 Å². The maximum Gasteiger partial charge on any atom is 0.0589 e. The largest absolute Gasteiger partial charge is 0.302 e. The fourth-order valence-electron chi connectivity index (χ4n) is 2.93. The number of rotatable bonds is 16. The van der Waals surface area contributed by atoms with Gasteiger partial charge in [-0.25, -0.2) is 0 Å². The van der Waals surface area contributed by atoms with Gasteiger partial charge < -0.3 is 5.32 Å². The zero-order chi connectivity index (χ0) is 15.8. The molecule has 0 aromatic carbocycles. The van der Waals surface area contributed by atoms with E-state index < -0.39 is 0 Å². The zero-order valence-electron chi connectivity index (χ0n) is 15.4. The number of unbranched alkanes of at least 4 members (excludes halogenated alkanes) is 11. The number of nitrogens with one attached hydrogen (secondary N) is 1. The van der Waals surface area contributed by atoms with E-state index in [2.05, 4.69) is 38.2 Å². The van der Waals surface area contributed by atoms with Gasteiger partial charge in [-0.15, -0.1) is 0 Å². The normalized spacial score (nSPS) is 13.0. The quantitative estimate of drug-likeness (QED) is 0.296. The van der Waals surface area contributed by atoms with Crippen molar-refractivity contribution in [3.8, 4) is 0 Å². The molecule has 0 radical (unpaired) electrons. The summed E-state index contributed by atoms with van der Waals surface area (Å²) in [5, 5.41) is 3.63. The first-order valence-corrected chi connectivity index (χ1v) is 9.62. The monoisotopic (exact) mass is 298 g/mol. The third-order valence-electron chi connectivity index (χ3n) is 4.42. The van der Waals surface area contributed by atoms with E-state index in [1.54, 1.807) is 0 Å². The molecule has 1 atom stereocenters. The van der Waals surface area contributed by atoms with Crippen LogP contribution in [0.15, 0.2) is 0 Å². The fourth-order valence-corrected chi connectivity index (χ4v) is 2.93. The Bertz CT molecular complexity index is 192. The van der Waals surface area contributed by atoms with Crippen LogP contribution >= 0.6 is 0 Å². The molecule has 0 aliphatic rings. The highest BCUT2D eigenvalue weighted by molar-refractivity contribution is 4.61. The Kier molecular flexibility index (Phi) is 16.2. The standard InChI is InChI=1S/C19H42N2/c1-5-7-8-9-10-11-12-13-14-15-16-17-18-20-19(6-2)21(3)4/h19-20H,5-18H2,1-4H3. The van der Waals surface area contributed by atoms with E-state index in [9.17, 15) is 0 Å². The summed E-state index contributed by atoms with van der Waals surface area (Å²) in [5.41, 5.74) is 0. The molecule has 1 N–H and O–H groups in total. The van der Waals surface area contributed by atoms with Crippen molar-refractivity contribution >= 4 is 0 Å². The Morgan fingerprint density at radius 3 is 1.48 bits per heavy atom. The molecule has 0 heterocycles. The maximum atomic E-state index is 3.63. The maximum absolute atomic E-state index is 3.63. The molecule has 0 saturated heterocycles. The number of hydrogen-bond acceptors (Lipinski definition) is 2. The third kappa shape index (κ3) is 14.6. The average Bonchev–Trinajstić information content (AvgIpc) is 2.47. The summed E-state index contributed by atoms with van der Waals surface area (Å²) in [6, 6.07) is 0. The van der Waals surface area contributed by atoms with E-state index in [1.165, 1.54) is 90.0 Å². The first-order chi connectivity index (χ1) is 10.2. The second kappa shape index (κ2) is 16.3. The van der Waals surface area contributed by atoms with E-state index in [0.29, 0.717) is 6.17 Å². The SMILES string of the molecule is CCCCCCCCCCCCCCNC(CC)N(C)C. The summed E-state index contributed by atoms with van der Waals surface area (Å²) in [7, 11) is 4.31. The molecule has 1 unspecified atom stereocenters. The molecule has 21 heavy (non-hydrogen) atoms. The second-order valence-corrected chi connectivity index (χ2v) is 6.73. The van der Waals surface area contributed by atoms with Crippen LogP contribution in [0.25, 0.3) is 0 Å². The second-order valence-electron chi connectivity index (χ2n) is 6.73. The van der Waals surface area contributed by atoms with E-state index in [1.807, 2.05) is 0 Å². The van der Waals surface area contributed by atoms with Crippen molar-refractivity contribution in [3.05, 3.63) is 0 Å². The van der Waals surface area contributed by atoms with Crippen LogP contribution in [0.5, 0.6) is 0 Å². The first-order valence-electron chi connectivity index (χ1n) is 9.62. The Morgan fingerprint density at radius 2 is 1.10 bits per heavy atom. The molecule has 0 aliphatic carbocycles. The van der Waals surface area contributed by atoms with E-state index >= 15 is 0 Å². The molecule has 0 rings (SSSR count). The Hall–Kier alpha value is -0.0800. The summed E-state index contributed by atoms with van der Waals surface area (Å²) < 4.78 is 0. The van der Waals surface area contributed by atoms with Crippen molar-refractivity contribution in [2.75, 3.05) is 20.6 Å². The molecule has 0 aliphatic heterocycles. The lowest BCUT2D eigenvalue weighted by molar-refractivity contribution is 0.238. The van der Waals surface area contributed by atoms with Crippen molar-refractivity contribution in [3.63, 3.8) is 0 Å². The molecule has 0 saturated carbocycles. The minimum atomic E-state index is 0.553. The van der Waals surface area contributed by atoms with Crippen LogP contribution in [0.2, 0.25) is 0 Å². The first kappa shape index (κ1) is 20.9. The highest BCUT2D eigenvalue weighted by Gasteiger charge is 2.05. The summed E-state index contributed by atoms with van der Waals surface area (Å²) in [4.78, 5) is 2.28. The van der Waals surface area contributed by atoms with E-state index in [4.69, 9.17) is 0 Å². The van der Waals surface area contributed by atoms with Crippen LogP contribution in [0, 0.1) is 0 Å². The molecule has 128 valence electrons. The number of nitrogens with zero attached hydrogens (tertiary/aromatic N) is 1. The third-order valence-corrected chi connectivity index (χ3v) is 4.42. The van der Waals surface area contributed by atoms with Crippen LogP contribution in [0.4, 0.5) is 0 Å². The Balaban J connectivity index is 3.12. The van der Waals surface area contributed by atoms with Gasteiger partial charge in [0.1, 0.15) is 0 Å². The topological polar surface area (TPSA) is 15.3 Å². The smallest absolute Gasteiger partial charge is 0.0589 e. The minimum absolute atomic E-state index is 0.553. The van der Waals surface area contributed by atoms with Gasteiger partial charge in [-0.2, -0.15) is 0 Å². The van der Waals surface area contributed by atoms with Gasteiger partial charge in [0.25, 0.3) is 0 Å². The van der Waals surface area contributed by atoms with Gasteiger partial charge in [-0.1, -0.05) is 84.5 Å². The van der Waals surface area contributed by atoms with Crippen molar-refractivity contribution < 1.29 is 0 Å². The Labute approximate surface area is 135 Å². The number of hydrogen-bond donors (Lipinski definition) is 1. The van der Waals surface area contributed by atoms with Gasteiger partial charge in [-0.3, -0.25) is 4.90 Å². The van der Waals surface area contributed by atoms with Crippen molar-refractivity contribution in [1.82, 2.24) is 10.2 Å². The van der Waals surface area contributed by atoms with Gasteiger partial charge in [0.2, 0.25) is 0 Å². The van der Waals surface area contributed by atoms with Crippen LogP contribution in [-0.2, 0) is 0 Å². The lowest BCUT2D eigenvalue weighted by Crippen LogP contribution is -2.41. The highest BCUT2D eigenvalue weighted by Crippen LogP contribution is 2.11. The molecule has 0 aromatic rings. The van der Waals surface area contributed by atoms with Gasteiger partial charge in [0.15, 0.2) is 0 Å². The summed E-state index contributed by atoms with van der Waals surface area (Å²) in [6.07, 6.45) is 18.9. The summed E-state index contributed by atoms with van der Waals surface area (Å²) in [5.74, 6) is 0. The Morgan fingerprint density at radius 1 is 0.667 bits per heavy atom. The van der Waals surface area contributed by atoms with Crippen LogP contribution < -0.4 is 5.32 Å². The van der Waals surface area contributed by atoms with E-state index in [0.717, 1.165) is 0 Å². The van der Waals surface area contributed by atoms with E-state index in [-0.39, 0.29) is 0 Å². The average molecular weight is 299 g/mol. The van der Waals surface area contributed by atoms with Gasteiger partial charge >= 0.3 is 0 Å². The van der Waals surface area contributed by atoms with Crippen molar-refractivity contribution in [2.24, 2.45) is 0 Å². The summed E-state index contributed by atoms with van der Waals surface area (Å²) >= 11 is 0. The van der Waals surface area contributed by atoms with Gasteiger partial charge in [0, 0.05) is 0 Å².